The zero-order valence-electron chi connectivity index (χ0n) is 11.6. The number of Topliss-reactive ketones (excluding diaryl/α,β-unsaturated/α-hetero) is 1. The molecule has 21 heavy (non-hydrogen) atoms. The number of likely N-dealkylation sites (N-methyl/N-ethyl adjacent to an activating group) is 1. The topological polar surface area (TPSA) is 124 Å². The van der Waals surface area contributed by atoms with Crippen molar-refractivity contribution in [2.24, 2.45) is 5.92 Å². The molecule has 3 atom stereocenters. The number of carbonyl (C=O) groups is 2. The SMILES string of the molecule is CC(=O)CC1[C@]2([N+](=O)[O-])C=CC(=O)[C@@]1([N+](=O)[O-])CN(C)C2. The molecule has 0 saturated carbocycles. The summed E-state index contributed by atoms with van der Waals surface area (Å²) < 4.78 is 0. The summed E-state index contributed by atoms with van der Waals surface area (Å²) >= 11 is 0. The molecule has 2 aliphatic rings. The highest BCUT2D eigenvalue weighted by Crippen LogP contribution is 2.45. The number of nitrogens with zero attached hydrogens (tertiary/aromatic N) is 3. The molecular formula is C12H15N3O6. The van der Waals surface area contributed by atoms with Gasteiger partial charge in [-0.1, -0.05) is 0 Å². The number of piperidine rings is 1. The third-order valence-corrected chi connectivity index (χ3v) is 4.32. The van der Waals surface area contributed by atoms with Gasteiger partial charge in [-0.3, -0.25) is 29.9 Å². The Morgan fingerprint density at radius 2 is 2.00 bits per heavy atom. The van der Waals surface area contributed by atoms with Crippen molar-refractivity contribution in [3.8, 4) is 0 Å². The number of hydrogen-bond donors (Lipinski definition) is 0. The first-order chi connectivity index (χ1) is 9.66. The van der Waals surface area contributed by atoms with Gasteiger partial charge in [0.05, 0.1) is 13.1 Å². The summed E-state index contributed by atoms with van der Waals surface area (Å²) in [7, 11) is 1.49. The first-order valence-corrected chi connectivity index (χ1v) is 6.37. The van der Waals surface area contributed by atoms with Crippen LogP contribution in [0.1, 0.15) is 13.3 Å². The Hall–Kier alpha value is -2.16. The van der Waals surface area contributed by atoms with Crippen molar-refractivity contribution in [2.45, 2.75) is 24.4 Å². The van der Waals surface area contributed by atoms with Crippen molar-refractivity contribution < 1.29 is 19.4 Å². The van der Waals surface area contributed by atoms with E-state index in [0.29, 0.717) is 0 Å². The Morgan fingerprint density at radius 1 is 1.38 bits per heavy atom. The van der Waals surface area contributed by atoms with E-state index in [-0.39, 0.29) is 19.5 Å². The molecule has 0 aromatic carbocycles. The summed E-state index contributed by atoms with van der Waals surface area (Å²) in [5.74, 6) is -2.48. The van der Waals surface area contributed by atoms with Gasteiger partial charge in [-0.05, 0) is 26.1 Å². The van der Waals surface area contributed by atoms with Gasteiger partial charge in [0.15, 0.2) is 0 Å². The van der Waals surface area contributed by atoms with Crippen LogP contribution < -0.4 is 0 Å². The number of hydrogen-bond acceptors (Lipinski definition) is 7. The highest BCUT2D eigenvalue weighted by molar-refractivity contribution is 5.99. The maximum absolute atomic E-state index is 12.2. The molecule has 0 amide bonds. The van der Waals surface area contributed by atoms with Crippen LogP contribution in [0, 0.1) is 26.1 Å². The van der Waals surface area contributed by atoms with Gasteiger partial charge in [0.2, 0.25) is 5.78 Å². The molecule has 1 heterocycles. The molecule has 114 valence electrons. The van der Waals surface area contributed by atoms with E-state index in [0.717, 1.165) is 12.2 Å². The summed E-state index contributed by atoms with van der Waals surface area (Å²) in [6, 6.07) is 0. The highest BCUT2D eigenvalue weighted by Gasteiger charge is 2.73. The predicted molar refractivity (Wildman–Crippen MR) is 69.9 cm³/mol. The van der Waals surface area contributed by atoms with Gasteiger partial charge in [-0.2, -0.15) is 0 Å². The molecule has 1 saturated heterocycles. The van der Waals surface area contributed by atoms with Crippen molar-refractivity contribution in [3.05, 3.63) is 32.4 Å². The van der Waals surface area contributed by atoms with Crippen molar-refractivity contribution in [3.63, 3.8) is 0 Å². The maximum Gasteiger partial charge on any atom is 0.305 e. The van der Waals surface area contributed by atoms with Crippen LogP contribution in [-0.2, 0) is 9.59 Å². The van der Waals surface area contributed by atoms with E-state index in [1.165, 1.54) is 18.9 Å². The molecule has 0 spiro atoms. The molecule has 1 fully saturated rings. The Morgan fingerprint density at radius 3 is 2.48 bits per heavy atom. The molecule has 0 radical (unpaired) electrons. The predicted octanol–water partition coefficient (Wildman–Crippen LogP) is -0.303. The van der Waals surface area contributed by atoms with E-state index in [1.54, 1.807) is 0 Å². The van der Waals surface area contributed by atoms with Crippen LogP contribution in [0.15, 0.2) is 12.2 Å². The van der Waals surface area contributed by atoms with Gasteiger partial charge >= 0.3 is 5.54 Å². The Bertz CT molecular complexity index is 573. The zero-order valence-corrected chi connectivity index (χ0v) is 11.6. The lowest BCUT2D eigenvalue weighted by atomic mass is 9.61. The molecule has 2 bridgehead atoms. The fourth-order valence-corrected chi connectivity index (χ4v) is 3.47. The molecule has 1 aliphatic heterocycles. The van der Waals surface area contributed by atoms with E-state index in [2.05, 4.69) is 0 Å². The normalized spacial score (nSPS) is 35.5. The number of rotatable bonds is 4. The summed E-state index contributed by atoms with van der Waals surface area (Å²) in [4.78, 5) is 46.8. The maximum atomic E-state index is 12.2. The average molecular weight is 297 g/mol. The molecule has 0 aromatic rings. The molecule has 0 N–H and O–H groups in total. The second kappa shape index (κ2) is 4.69. The van der Waals surface area contributed by atoms with Crippen molar-refractivity contribution >= 4 is 11.6 Å². The van der Waals surface area contributed by atoms with E-state index in [1.807, 2.05) is 0 Å². The summed E-state index contributed by atoms with van der Waals surface area (Å²) in [6.45, 7) is 0.900. The number of nitro groups is 2. The molecule has 0 aromatic heterocycles. The molecular weight excluding hydrogens is 282 g/mol. The Kier molecular flexibility index (Phi) is 3.40. The Balaban J connectivity index is 2.71. The standard InChI is InChI=1S/C12H15N3O6/c1-8(16)5-9-11(14(18)19)4-3-10(17)12(9,15(20)21)7-13(2)6-11/h3-4,9H,5-7H2,1-2H3/t9?,11-,12+/m0/s1. The first-order valence-electron chi connectivity index (χ1n) is 6.37. The number of ketones is 2. The average Bonchev–Trinajstić information content (AvgIpc) is 2.35. The lowest BCUT2D eigenvalue weighted by Crippen LogP contribution is -2.74. The summed E-state index contributed by atoms with van der Waals surface area (Å²) in [6.07, 6.45) is 1.67. The number of carbonyl (C=O) groups excluding carboxylic acids is 2. The molecule has 9 heteroatoms. The monoisotopic (exact) mass is 297 g/mol. The van der Waals surface area contributed by atoms with Gasteiger partial charge in [-0.15, -0.1) is 0 Å². The van der Waals surface area contributed by atoms with Crippen molar-refractivity contribution in [1.82, 2.24) is 4.90 Å². The van der Waals surface area contributed by atoms with Gasteiger partial charge in [-0.25, -0.2) is 0 Å². The van der Waals surface area contributed by atoms with Crippen LogP contribution in [0.4, 0.5) is 0 Å². The van der Waals surface area contributed by atoms with Gasteiger partial charge in [0.1, 0.15) is 11.7 Å². The third kappa shape index (κ3) is 1.96. The lowest BCUT2D eigenvalue weighted by molar-refractivity contribution is -0.623. The smallest absolute Gasteiger partial charge is 0.300 e. The zero-order chi connectivity index (χ0) is 16.0. The lowest BCUT2D eigenvalue weighted by Gasteiger charge is -2.47. The second-order valence-electron chi connectivity index (χ2n) is 5.76. The molecule has 9 nitrogen and oxygen atoms in total. The van der Waals surface area contributed by atoms with Crippen LogP contribution in [0.2, 0.25) is 0 Å². The van der Waals surface area contributed by atoms with Gasteiger partial charge in [0, 0.05) is 16.3 Å². The number of likely N-dealkylation sites (tertiary alicyclic amines) is 1. The highest BCUT2D eigenvalue weighted by atomic mass is 16.6. The van der Waals surface area contributed by atoms with Crippen molar-refractivity contribution in [2.75, 3.05) is 20.1 Å². The van der Waals surface area contributed by atoms with E-state index < -0.39 is 38.4 Å². The van der Waals surface area contributed by atoms with Crippen LogP contribution in [0.25, 0.3) is 0 Å². The number of fused-ring (bicyclic) bond motifs is 2. The summed E-state index contributed by atoms with van der Waals surface area (Å²) in [5.41, 5.74) is -3.93. The van der Waals surface area contributed by atoms with Gasteiger partial charge < -0.3 is 4.79 Å². The van der Waals surface area contributed by atoms with Gasteiger partial charge in [0.25, 0.3) is 5.54 Å². The van der Waals surface area contributed by atoms with E-state index in [4.69, 9.17) is 0 Å². The van der Waals surface area contributed by atoms with Crippen LogP contribution in [-0.4, -0.2) is 57.5 Å². The molecule has 1 aliphatic carbocycles. The minimum atomic E-state index is -2.14. The summed E-state index contributed by atoms with van der Waals surface area (Å²) in [5, 5.41) is 23.2. The molecule has 1 unspecified atom stereocenters. The Labute approximate surface area is 119 Å². The minimum Gasteiger partial charge on any atom is -0.300 e. The minimum absolute atomic E-state index is 0.0721. The fourth-order valence-electron chi connectivity index (χ4n) is 3.47. The van der Waals surface area contributed by atoms with Crippen LogP contribution in [0.3, 0.4) is 0 Å². The van der Waals surface area contributed by atoms with E-state index in [9.17, 15) is 29.8 Å². The largest absolute Gasteiger partial charge is 0.305 e. The van der Waals surface area contributed by atoms with Crippen LogP contribution >= 0.6 is 0 Å². The third-order valence-electron chi connectivity index (χ3n) is 4.32. The van der Waals surface area contributed by atoms with E-state index >= 15 is 0 Å². The second-order valence-corrected chi connectivity index (χ2v) is 5.76. The quantitative estimate of drug-likeness (QED) is 0.515. The molecule has 2 rings (SSSR count). The first kappa shape index (κ1) is 15.2. The fraction of sp³-hybridized carbons (Fsp3) is 0.667. The van der Waals surface area contributed by atoms with Crippen molar-refractivity contribution in [1.29, 1.82) is 0 Å². The van der Waals surface area contributed by atoms with Crippen LogP contribution in [0.5, 0.6) is 0 Å².